The molecule has 0 aliphatic carbocycles. The van der Waals surface area contributed by atoms with E-state index < -0.39 is 29.5 Å². The van der Waals surface area contributed by atoms with E-state index >= 15 is 0 Å². The summed E-state index contributed by atoms with van der Waals surface area (Å²) in [5, 5.41) is 11.6. The van der Waals surface area contributed by atoms with Crippen molar-refractivity contribution in [3.8, 4) is 22.7 Å². The third-order valence-electron chi connectivity index (χ3n) is 4.58. The first-order chi connectivity index (χ1) is 15.7. The van der Waals surface area contributed by atoms with Crippen LogP contribution < -0.4 is 5.32 Å². The van der Waals surface area contributed by atoms with Crippen molar-refractivity contribution in [1.82, 2.24) is 9.97 Å². The van der Waals surface area contributed by atoms with E-state index in [2.05, 4.69) is 15.3 Å². The van der Waals surface area contributed by atoms with Crippen molar-refractivity contribution in [2.24, 2.45) is 0 Å². The van der Waals surface area contributed by atoms with Crippen LogP contribution in [0.1, 0.15) is 26.6 Å². The summed E-state index contributed by atoms with van der Waals surface area (Å²) in [5.41, 5.74) is 0.162. The van der Waals surface area contributed by atoms with Crippen LogP contribution in [0.15, 0.2) is 77.3 Å². The minimum atomic E-state index is -4.94. The number of carbonyl (C=O) groups excluding carboxylic acids is 1. The van der Waals surface area contributed by atoms with Crippen molar-refractivity contribution in [2.75, 3.05) is 5.32 Å². The minimum absolute atomic E-state index is 0.0349. The van der Waals surface area contributed by atoms with Gasteiger partial charge >= 0.3 is 12.1 Å². The van der Waals surface area contributed by atoms with Crippen molar-refractivity contribution < 1.29 is 32.3 Å². The van der Waals surface area contributed by atoms with Gasteiger partial charge in [0, 0.05) is 11.1 Å². The summed E-state index contributed by atoms with van der Waals surface area (Å²) < 4.78 is 45.2. The molecule has 0 atom stereocenters. The molecular weight excluding hydrogens is 439 g/mol. The number of nitrogens with zero attached hydrogens (tertiary/aromatic N) is 2. The lowest BCUT2D eigenvalue weighted by atomic mass is 10.0. The first kappa shape index (κ1) is 21.8. The topological polar surface area (TPSA) is 105 Å². The lowest BCUT2D eigenvalue weighted by molar-refractivity contribution is -0.153. The van der Waals surface area contributed by atoms with Gasteiger partial charge in [0.25, 0.3) is 5.91 Å². The van der Waals surface area contributed by atoms with Crippen LogP contribution in [0.4, 0.5) is 18.9 Å². The molecule has 2 N–H and O–H groups in total. The average Bonchev–Trinajstić information content (AvgIpc) is 3.27. The smallest absolute Gasteiger partial charge is 0.452 e. The predicted molar refractivity (Wildman–Crippen MR) is 112 cm³/mol. The monoisotopic (exact) mass is 453 g/mol. The highest BCUT2D eigenvalue weighted by molar-refractivity contribution is 6.04. The van der Waals surface area contributed by atoms with E-state index in [1.807, 2.05) is 0 Å². The molecule has 0 bridgehead atoms. The number of halogens is 3. The standard InChI is InChI=1S/C23H14F3N3O4/c24-23(25,26)19-18(29-21(33-19)13-6-2-1-3-7-13)20(30)28-14-10-11-17(27-12-14)15-8-4-5-9-16(15)22(31)32/h1-12H,(H,28,30)(H,31,32). The zero-order valence-electron chi connectivity index (χ0n) is 16.6. The van der Waals surface area contributed by atoms with E-state index in [4.69, 9.17) is 4.42 Å². The molecule has 10 heteroatoms. The quantitative estimate of drug-likeness (QED) is 0.421. The van der Waals surface area contributed by atoms with Crippen molar-refractivity contribution in [3.63, 3.8) is 0 Å². The van der Waals surface area contributed by atoms with Gasteiger partial charge in [-0.15, -0.1) is 0 Å². The van der Waals surface area contributed by atoms with E-state index in [9.17, 15) is 27.9 Å². The third-order valence-corrected chi connectivity index (χ3v) is 4.58. The van der Waals surface area contributed by atoms with Crippen LogP contribution in [0.25, 0.3) is 22.7 Å². The first-order valence-corrected chi connectivity index (χ1v) is 9.47. The maximum Gasteiger partial charge on any atom is 0.452 e. The number of amides is 1. The van der Waals surface area contributed by atoms with Gasteiger partial charge in [-0.05, 0) is 30.3 Å². The lowest BCUT2D eigenvalue weighted by Crippen LogP contribution is -2.18. The van der Waals surface area contributed by atoms with Gasteiger partial charge in [-0.1, -0.05) is 36.4 Å². The third kappa shape index (κ3) is 4.59. The molecule has 2 aromatic carbocycles. The van der Waals surface area contributed by atoms with Gasteiger partial charge in [0.15, 0.2) is 5.69 Å². The molecule has 0 fully saturated rings. The Morgan fingerprint density at radius 2 is 1.64 bits per heavy atom. The molecule has 0 radical (unpaired) electrons. The van der Waals surface area contributed by atoms with Crippen LogP contribution in [-0.4, -0.2) is 27.0 Å². The first-order valence-electron chi connectivity index (χ1n) is 9.47. The van der Waals surface area contributed by atoms with E-state index in [-0.39, 0.29) is 22.7 Å². The summed E-state index contributed by atoms with van der Waals surface area (Å²) in [6.45, 7) is 0. The molecule has 0 unspecified atom stereocenters. The van der Waals surface area contributed by atoms with E-state index in [1.54, 1.807) is 36.4 Å². The summed E-state index contributed by atoms with van der Waals surface area (Å²) in [6.07, 6.45) is -3.73. The van der Waals surface area contributed by atoms with Gasteiger partial charge in [0.2, 0.25) is 11.7 Å². The van der Waals surface area contributed by atoms with Crippen LogP contribution in [0.2, 0.25) is 0 Å². The van der Waals surface area contributed by atoms with Crippen molar-refractivity contribution in [3.05, 3.63) is 89.9 Å². The molecule has 4 aromatic rings. The SMILES string of the molecule is O=C(O)c1ccccc1-c1ccc(NC(=O)c2nc(-c3ccccc3)oc2C(F)(F)F)cn1. The molecule has 2 aromatic heterocycles. The number of carboxylic acid groups (broad SMARTS) is 1. The second-order valence-corrected chi connectivity index (χ2v) is 6.80. The number of anilines is 1. The molecule has 4 rings (SSSR count). The normalized spacial score (nSPS) is 11.2. The van der Waals surface area contributed by atoms with Crippen molar-refractivity contribution in [2.45, 2.75) is 6.18 Å². The Labute approximate surface area is 184 Å². The number of rotatable bonds is 5. The predicted octanol–water partition coefficient (Wildman–Crippen LogP) is 5.37. The van der Waals surface area contributed by atoms with Gasteiger partial charge < -0.3 is 14.8 Å². The molecule has 1 amide bonds. The Bertz CT molecular complexity index is 1320. The van der Waals surface area contributed by atoms with Gasteiger partial charge in [0.1, 0.15) is 0 Å². The lowest BCUT2D eigenvalue weighted by Gasteiger charge is -2.08. The van der Waals surface area contributed by atoms with Crippen LogP contribution >= 0.6 is 0 Å². The molecule has 0 aliphatic heterocycles. The summed E-state index contributed by atoms with van der Waals surface area (Å²) in [6, 6.07) is 16.9. The second-order valence-electron chi connectivity index (χ2n) is 6.80. The molecule has 7 nitrogen and oxygen atoms in total. The number of aromatic nitrogens is 2. The molecule has 0 saturated carbocycles. The van der Waals surface area contributed by atoms with Crippen LogP contribution in [0.3, 0.4) is 0 Å². The fourth-order valence-corrected chi connectivity index (χ4v) is 3.08. The zero-order valence-corrected chi connectivity index (χ0v) is 16.6. The average molecular weight is 453 g/mol. The van der Waals surface area contributed by atoms with Crippen molar-refractivity contribution in [1.29, 1.82) is 0 Å². The number of pyridine rings is 1. The Kier molecular flexibility index (Phi) is 5.65. The maximum atomic E-state index is 13.4. The fourth-order valence-electron chi connectivity index (χ4n) is 3.08. The fraction of sp³-hybridized carbons (Fsp3) is 0.0435. The zero-order chi connectivity index (χ0) is 23.6. The number of benzene rings is 2. The number of hydrogen-bond donors (Lipinski definition) is 2. The van der Waals surface area contributed by atoms with Gasteiger partial charge in [-0.3, -0.25) is 9.78 Å². The number of alkyl halides is 3. The van der Waals surface area contributed by atoms with E-state index in [1.165, 1.54) is 36.5 Å². The molecule has 0 saturated heterocycles. The van der Waals surface area contributed by atoms with Crippen LogP contribution in [0, 0.1) is 0 Å². The highest BCUT2D eigenvalue weighted by Gasteiger charge is 2.42. The highest BCUT2D eigenvalue weighted by Crippen LogP contribution is 2.35. The summed E-state index contributed by atoms with van der Waals surface area (Å²) >= 11 is 0. The number of carboxylic acids is 1. The molecule has 33 heavy (non-hydrogen) atoms. The van der Waals surface area contributed by atoms with Crippen LogP contribution in [-0.2, 0) is 6.18 Å². The Balaban J connectivity index is 1.61. The second kappa shape index (κ2) is 8.58. The minimum Gasteiger partial charge on any atom is -0.478 e. The molecule has 166 valence electrons. The number of nitrogens with one attached hydrogen (secondary N) is 1. The van der Waals surface area contributed by atoms with E-state index in [0.29, 0.717) is 11.3 Å². The van der Waals surface area contributed by atoms with E-state index in [0.717, 1.165) is 0 Å². The summed E-state index contributed by atoms with van der Waals surface area (Å²) in [5.74, 6) is -4.12. The number of carbonyl (C=O) groups is 2. The number of oxazole rings is 1. The van der Waals surface area contributed by atoms with Gasteiger partial charge in [-0.2, -0.15) is 13.2 Å². The summed E-state index contributed by atoms with van der Waals surface area (Å²) in [7, 11) is 0. The van der Waals surface area contributed by atoms with Crippen molar-refractivity contribution >= 4 is 17.6 Å². The summed E-state index contributed by atoms with van der Waals surface area (Å²) in [4.78, 5) is 31.8. The number of aromatic carboxylic acids is 1. The maximum absolute atomic E-state index is 13.4. The highest BCUT2D eigenvalue weighted by atomic mass is 19.4. The Morgan fingerprint density at radius 1 is 0.939 bits per heavy atom. The Morgan fingerprint density at radius 3 is 2.27 bits per heavy atom. The molecule has 2 heterocycles. The molecule has 0 aliphatic rings. The van der Waals surface area contributed by atoms with Crippen LogP contribution in [0.5, 0.6) is 0 Å². The largest absolute Gasteiger partial charge is 0.478 e. The molecule has 0 spiro atoms. The van der Waals surface area contributed by atoms with Gasteiger partial charge in [-0.25, -0.2) is 9.78 Å². The number of hydrogen-bond acceptors (Lipinski definition) is 5. The van der Waals surface area contributed by atoms with Gasteiger partial charge in [0.05, 0.1) is 23.1 Å². The Hall–Kier alpha value is -4.47. The molecular formula is C23H14F3N3O4.